The van der Waals surface area contributed by atoms with Gasteiger partial charge in [0.25, 0.3) is 0 Å². The molecule has 1 aliphatic heterocycles. The molecule has 0 bridgehead atoms. The molecule has 0 atom stereocenters. The summed E-state index contributed by atoms with van der Waals surface area (Å²) in [6.45, 7) is 4.23. The number of halogens is 1. The van der Waals surface area contributed by atoms with E-state index in [9.17, 15) is 4.79 Å². The minimum absolute atomic E-state index is 0.126. The Morgan fingerprint density at radius 2 is 2.12 bits per heavy atom. The van der Waals surface area contributed by atoms with Crippen LogP contribution in [-0.2, 0) is 4.79 Å². The highest BCUT2D eigenvalue weighted by Crippen LogP contribution is 2.51. The molecule has 1 heterocycles. The van der Waals surface area contributed by atoms with Gasteiger partial charge in [0.2, 0.25) is 5.91 Å². The van der Waals surface area contributed by atoms with Crippen LogP contribution in [0.4, 0.5) is 11.4 Å². The van der Waals surface area contributed by atoms with Gasteiger partial charge >= 0.3 is 0 Å². The molecular formula is C13H15ClN2O. The van der Waals surface area contributed by atoms with Gasteiger partial charge in [-0.1, -0.05) is 11.6 Å². The third kappa shape index (κ3) is 1.45. The van der Waals surface area contributed by atoms with Crippen molar-refractivity contribution >= 4 is 28.9 Å². The Morgan fingerprint density at radius 1 is 1.41 bits per heavy atom. The predicted molar refractivity (Wildman–Crippen MR) is 69.7 cm³/mol. The van der Waals surface area contributed by atoms with E-state index in [-0.39, 0.29) is 11.4 Å². The Bertz CT molecular complexity index is 494. The van der Waals surface area contributed by atoms with E-state index in [2.05, 4.69) is 24.1 Å². The average molecular weight is 251 g/mol. The lowest BCUT2D eigenvalue weighted by atomic mass is 10.0. The summed E-state index contributed by atoms with van der Waals surface area (Å²) >= 11 is 6.06. The van der Waals surface area contributed by atoms with E-state index < -0.39 is 0 Å². The number of carbonyl (C=O) groups excluding carboxylic acids is 1. The first-order valence-corrected chi connectivity index (χ1v) is 6.33. The van der Waals surface area contributed by atoms with Gasteiger partial charge in [-0.25, -0.2) is 0 Å². The van der Waals surface area contributed by atoms with Gasteiger partial charge in [-0.2, -0.15) is 0 Å². The van der Waals surface area contributed by atoms with Gasteiger partial charge in [0, 0.05) is 11.1 Å². The van der Waals surface area contributed by atoms with Gasteiger partial charge in [-0.05, 0) is 44.9 Å². The zero-order chi connectivity index (χ0) is 12.2. The third-order valence-corrected chi connectivity index (χ3v) is 3.83. The zero-order valence-electron chi connectivity index (χ0n) is 9.96. The van der Waals surface area contributed by atoms with Gasteiger partial charge in [-0.3, -0.25) is 4.79 Å². The van der Waals surface area contributed by atoms with Crippen LogP contribution in [0.5, 0.6) is 0 Å². The highest BCUT2D eigenvalue weighted by molar-refractivity contribution is 6.31. The molecule has 90 valence electrons. The van der Waals surface area contributed by atoms with Crippen LogP contribution in [0.15, 0.2) is 18.2 Å². The van der Waals surface area contributed by atoms with Gasteiger partial charge < -0.3 is 10.2 Å². The average Bonchev–Trinajstić information content (AvgIpc) is 3.02. The van der Waals surface area contributed by atoms with Crippen LogP contribution < -0.4 is 10.2 Å². The summed E-state index contributed by atoms with van der Waals surface area (Å²) in [7, 11) is 0. The second kappa shape index (κ2) is 3.39. The number of hydrogen-bond acceptors (Lipinski definition) is 2. The lowest BCUT2D eigenvalue weighted by molar-refractivity contribution is -0.118. The summed E-state index contributed by atoms with van der Waals surface area (Å²) in [4.78, 5) is 14.4. The Morgan fingerprint density at radius 3 is 2.71 bits per heavy atom. The molecule has 1 N–H and O–H groups in total. The van der Waals surface area contributed by atoms with Gasteiger partial charge in [0.05, 0.1) is 11.4 Å². The zero-order valence-corrected chi connectivity index (χ0v) is 10.7. The maximum absolute atomic E-state index is 12.2. The standard InChI is InChI=1S/C13H15ClN2O/c1-8(2)16-11-7-9(14)3-4-10(11)15-12(17)13(16)5-6-13/h3-4,7-8H,5-6H2,1-2H3,(H,15,17). The maximum Gasteiger partial charge on any atom is 0.250 e. The number of nitrogens with one attached hydrogen (secondary N) is 1. The topological polar surface area (TPSA) is 32.3 Å². The van der Waals surface area contributed by atoms with E-state index in [0.717, 1.165) is 24.2 Å². The van der Waals surface area contributed by atoms with Crippen LogP contribution in [0.2, 0.25) is 5.02 Å². The number of benzene rings is 1. The van der Waals surface area contributed by atoms with E-state index in [1.807, 2.05) is 18.2 Å². The minimum Gasteiger partial charge on any atom is -0.353 e. The van der Waals surface area contributed by atoms with E-state index in [4.69, 9.17) is 11.6 Å². The van der Waals surface area contributed by atoms with Crippen LogP contribution in [-0.4, -0.2) is 17.5 Å². The summed E-state index contributed by atoms with van der Waals surface area (Å²) in [6, 6.07) is 5.92. The predicted octanol–water partition coefficient (Wildman–Crippen LogP) is 3.04. The fraction of sp³-hybridized carbons (Fsp3) is 0.462. The quantitative estimate of drug-likeness (QED) is 0.831. The number of nitrogens with zero attached hydrogens (tertiary/aromatic N) is 1. The Hall–Kier alpha value is -1.22. The van der Waals surface area contributed by atoms with Crippen molar-refractivity contribution in [1.29, 1.82) is 0 Å². The Kier molecular flexibility index (Phi) is 2.17. The number of amides is 1. The van der Waals surface area contributed by atoms with Crippen LogP contribution in [0.3, 0.4) is 0 Å². The van der Waals surface area contributed by atoms with Crippen LogP contribution in [0.25, 0.3) is 0 Å². The van der Waals surface area contributed by atoms with Crippen molar-refractivity contribution < 1.29 is 4.79 Å². The largest absolute Gasteiger partial charge is 0.353 e. The molecular weight excluding hydrogens is 236 g/mol. The summed E-state index contributed by atoms with van der Waals surface area (Å²) in [5.74, 6) is 0.126. The summed E-state index contributed by atoms with van der Waals surface area (Å²) < 4.78 is 0. The molecule has 1 amide bonds. The van der Waals surface area contributed by atoms with Gasteiger partial charge in [-0.15, -0.1) is 0 Å². The Labute approximate surface area is 106 Å². The molecule has 1 spiro atoms. The molecule has 3 nitrogen and oxygen atoms in total. The number of rotatable bonds is 1. The second-order valence-electron chi connectivity index (χ2n) is 5.11. The first-order chi connectivity index (χ1) is 8.04. The molecule has 2 aliphatic rings. The molecule has 1 aromatic carbocycles. The molecule has 1 saturated carbocycles. The fourth-order valence-electron chi connectivity index (χ4n) is 2.75. The molecule has 0 radical (unpaired) electrons. The maximum atomic E-state index is 12.2. The summed E-state index contributed by atoms with van der Waals surface area (Å²) in [5.41, 5.74) is 1.60. The lowest BCUT2D eigenvalue weighted by Crippen LogP contribution is -2.53. The van der Waals surface area contributed by atoms with Crippen molar-refractivity contribution in [2.45, 2.75) is 38.3 Å². The van der Waals surface area contributed by atoms with Crippen molar-refractivity contribution in [1.82, 2.24) is 0 Å². The highest BCUT2D eigenvalue weighted by Gasteiger charge is 2.58. The van der Waals surface area contributed by atoms with Gasteiger partial charge in [0.1, 0.15) is 5.54 Å². The second-order valence-corrected chi connectivity index (χ2v) is 5.55. The first-order valence-electron chi connectivity index (χ1n) is 5.95. The van der Waals surface area contributed by atoms with Crippen molar-refractivity contribution in [3.05, 3.63) is 23.2 Å². The molecule has 1 aromatic rings. The number of hydrogen-bond donors (Lipinski definition) is 1. The van der Waals surface area contributed by atoms with E-state index in [1.54, 1.807) is 0 Å². The molecule has 0 aromatic heterocycles. The SMILES string of the molecule is CC(C)N1c2cc(Cl)ccc2NC(=O)C12CC2. The molecule has 1 fully saturated rings. The third-order valence-electron chi connectivity index (χ3n) is 3.59. The number of anilines is 2. The Balaban J connectivity index is 2.16. The lowest BCUT2D eigenvalue weighted by Gasteiger charge is -2.41. The molecule has 4 heteroatoms. The van der Waals surface area contributed by atoms with Crippen molar-refractivity contribution in [2.75, 3.05) is 10.2 Å². The van der Waals surface area contributed by atoms with E-state index in [0.29, 0.717) is 11.1 Å². The summed E-state index contributed by atoms with van der Waals surface area (Å²) in [6.07, 6.45) is 1.87. The van der Waals surface area contributed by atoms with Crippen LogP contribution in [0.1, 0.15) is 26.7 Å². The molecule has 0 unspecified atom stereocenters. The minimum atomic E-state index is -0.314. The summed E-state index contributed by atoms with van der Waals surface area (Å²) in [5, 5.41) is 3.70. The normalized spacial score (nSPS) is 20.5. The smallest absolute Gasteiger partial charge is 0.250 e. The van der Waals surface area contributed by atoms with Gasteiger partial charge in [0.15, 0.2) is 0 Å². The van der Waals surface area contributed by atoms with Crippen LogP contribution in [0, 0.1) is 0 Å². The van der Waals surface area contributed by atoms with Crippen LogP contribution >= 0.6 is 11.6 Å². The van der Waals surface area contributed by atoms with Crippen molar-refractivity contribution in [2.24, 2.45) is 0 Å². The van der Waals surface area contributed by atoms with Crippen molar-refractivity contribution in [3.8, 4) is 0 Å². The van der Waals surface area contributed by atoms with E-state index >= 15 is 0 Å². The molecule has 3 rings (SSSR count). The number of fused-ring (bicyclic) bond motifs is 1. The van der Waals surface area contributed by atoms with E-state index in [1.165, 1.54) is 0 Å². The number of carbonyl (C=O) groups is 1. The monoisotopic (exact) mass is 250 g/mol. The fourth-order valence-corrected chi connectivity index (χ4v) is 2.91. The highest BCUT2D eigenvalue weighted by atomic mass is 35.5. The first kappa shape index (κ1) is 10.9. The molecule has 0 saturated heterocycles. The molecule has 17 heavy (non-hydrogen) atoms. The molecule has 1 aliphatic carbocycles. The van der Waals surface area contributed by atoms with Crippen molar-refractivity contribution in [3.63, 3.8) is 0 Å².